The molecule has 4 nitrogen and oxygen atoms in total. The number of aromatic nitrogens is 2. The monoisotopic (exact) mass is 345 g/mol. The van der Waals surface area contributed by atoms with E-state index in [4.69, 9.17) is 0 Å². The average Bonchev–Trinajstić information content (AvgIpc) is 3.00. The minimum atomic E-state index is -4.37. The molecule has 25 heavy (non-hydrogen) atoms. The largest absolute Gasteiger partial charge is 0.416 e. The van der Waals surface area contributed by atoms with Gasteiger partial charge >= 0.3 is 6.18 Å². The summed E-state index contributed by atoms with van der Waals surface area (Å²) >= 11 is 0. The maximum Gasteiger partial charge on any atom is 0.416 e. The topological polar surface area (TPSA) is 57.8 Å². The first-order valence-corrected chi connectivity index (χ1v) is 7.48. The molecule has 0 aliphatic heterocycles. The molecule has 0 aliphatic rings. The molecule has 0 saturated carbocycles. The van der Waals surface area contributed by atoms with Gasteiger partial charge in [-0.1, -0.05) is 24.3 Å². The zero-order valence-corrected chi connectivity index (χ0v) is 13.0. The second-order valence-corrected chi connectivity index (χ2v) is 5.37. The molecular formula is C18H14F3N3O. The van der Waals surface area contributed by atoms with Crippen LogP contribution in [0.3, 0.4) is 0 Å². The van der Waals surface area contributed by atoms with E-state index in [0.717, 1.165) is 23.2 Å². The van der Waals surface area contributed by atoms with Gasteiger partial charge in [-0.2, -0.15) is 13.2 Å². The van der Waals surface area contributed by atoms with E-state index in [9.17, 15) is 18.0 Å². The van der Waals surface area contributed by atoms with E-state index in [0.29, 0.717) is 11.4 Å². The molecule has 2 N–H and O–H groups in total. The molecule has 0 spiro atoms. The fourth-order valence-electron chi connectivity index (χ4n) is 2.27. The summed E-state index contributed by atoms with van der Waals surface area (Å²) in [5, 5.41) is 2.67. The number of halogens is 3. The SMILES string of the molecule is O=C(/C=C/c1ccc(C(F)(F)F)cc1)NCc1nc2ccccc2[nH]1. The number of imidazole rings is 1. The Hall–Kier alpha value is -3.09. The summed E-state index contributed by atoms with van der Waals surface area (Å²) in [5.74, 6) is 0.262. The molecule has 3 aromatic rings. The van der Waals surface area contributed by atoms with Crippen LogP contribution in [0.2, 0.25) is 0 Å². The van der Waals surface area contributed by atoms with Gasteiger partial charge in [-0.3, -0.25) is 4.79 Å². The molecule has 0 bridgehead atoms. The Morgan fingerprint density at radius 3 is 2.52 bits per heavy atom. The number of carbonyl (C=O) groups excluding carboxylic acids is 1. The van der Waals surface area contributed by atoms with E-state index in [1.807, 2.05) is 24.3 Å². The van der Waals surface area contributed by atoms with E-state index in [1.54, 1.807) is 0 Å². The molecule has 0 saturated heterocycles. The second-order valence-electron chi connectivity index (χ2n) is 5.37. The van der Waals surface area contributed by atoms with Crippen molar-refractivity contribution in [2.24, 2.45) is 0 Å². The van der Waals surface area contributed by atoms with Gasteiger partial charge in [0, 0.05) is 6.08 Å². The van der Waals surface area contributed by atoms with E-state index < -0.39 is 11.7 Å². The van der Waals surface area contributed by atoms with Gasteiger partial charge in [0.1, 0.15) is 5.82 Å². The fraction of sp³-hybridized carbons (Fsp3) is 0.111. The zero-order valence-electron chi connectivity index (χ0n) is 13.0. The van der Waals surface area contributed by atoms with Gasteiger partial charge in [-0.25, -0.2) is 4.98 Å². The van der Waals surface area contributed by atoms with Gasteiger partial charge in [-0.05, 0) is 35.9 Å². The first-order valence-electron chi connectivity index (χ1n) is 7.48. The number of benzene rings is 2. The van der Waals surface area contributed by atoms with Crippen molar-refractivity contribution < 1.29 is 18.0 Å². The van der Waals surface area contributed by atoms with Crippen molar-refractivity contribution in [3.05, 3.63) is 71.6 Å². The van der Waals surface area contributed by atoms with Crippen molar-refractivity contribution in [1.82, 2.24) is 15.3 Å². The average molecular weight is 345 g/mol. The standard InChI is InChI=1S/C18H14F3N3O/c19-18(20,21)13-8-5-12(6-9-13)7-10-17(25)22-11-16-23-14-3-1-2-4-15(14)24-16/h1-10H,11H2,(H,22,25)(H,23,24)/b10-7+. The van der Waals surface area contributed by atoms with Crippen LogP contribution in [0, 0.1) is 0 Å². The molecule has 0 radical (unpaired) electrons. The molecule has 3 rings (SSSR count). The van der Waals surface area contributed by atoms with E-state index in [2.05, 4.69) is 15.3 Å². The Morgan fingerprint density at radius 2 is 1.84 bits per heavy atom. The Morgan fingerprint density at radius 1 is 1.12 bits per heavy atom. The van der Waals surface area contributed by atoms with E-state index in [1.165, 1.54) is 24.3 Å². The molecule has 1 aromatic heterocycles. The van der Waals surface area contributed by atoms with Crippen LogP contribution >= 0.6 is 0 Å². The lowest BCUT2D eigenvalue weighted by atomic mass is 10.1. The lowest BCUT2D eigenvalue weighted by Gasteiger charge is -2.05. The summed E-state index contributed by atoms with van der Waals surface area (Å²) < 4.78 is 37.4. The number of carbonyl (C=O) groups is 1. The van der Waals surface area contributed by atoms with Crippen molar-refractivity contribution in [1.29, 1.82) is 0 Å². The molecule has 2 aromatic carbocycles. The Labute approximate surface area is 141 Å². The molecule has 1 amide bonds. The van der Waals surface area contributed by atoms with Crippen molar-refractivity contribution in [2.45, 2.75) is 12.7 Å². The molecule has 0 atom stereocenters. The third-order valence-corrected chi connectivity index (χ3v) is 3.53. The Balaban J connectivity index is 1.57. The van der Waals surface area contributed by atoms with Crippen LogP contribution < -0.4 is 5.32 Å². The number of aromatic amines is 1. The van der Waals surface area contributed by atoms with Crippen LogP contribution in [0.1, 0.15) is 17.0 Å². The number of hydrogen-bond donors (Lipinski definition) is 2. The predicted molar refractivity (Wildman–Crippen MR) is 88.4 cm³/mol. The minimum absolute atomic E-state index is 0.227. The maximum absolute atomic E-state index is 12.5. The highest BCUT2D eigenvalue weighted by atomic mass is 19.4. The number of nitrogens with one attached hydrogen (secondary N) is 2. The van der Waals surface area contributed by atoms with E-state index in [-0.39, 0.29) is 12.5 Å². The molecule has 128 valence electrons. The van der Waals surface area contributed by atoms with Crippen LogP contribution in [-0.2, 0) is 17.5 Å². The van der Waals surface area contributed by atoms with Gasteiger partial charge in [0.25, 0.3) is 0 Å². The van der Waals surface area contributed by atoms with Crippen molar-refractivity contribution in [2.75, 3.05) is 0 Å². The first-order chi connectivity index (χ1) is 11.9. The zero-order chi connectivity index (χ0) is 17.9. The molecule has 0 fully saturated rings. The fourth-order valence-corrected chi connectivity index (χ4v) is 2.27. The van der Waals surface area contributed by atoms with Crippen LogP contribution in [0.25, 0.3) is 17.1 Å². The Kier molecular flexibility index (Phi) is 4.56. The van der Waals surface area contributed by atoms with Gasteiger partial charge in [-0.15, -0.1) is 0 Å². The van der Waals surface area contributed by atoms with Gasteiger partial charge < -0.3 is 10.3 Å². The number of nitrogens with zero attached hydrogens (tertiary/aromatic N) is 1. The minimum Gasteiger partial charge on any atom is -0.345 e. The van der Waals surface area contributed by atoms with Crippen molar-refractivity contribution in [3.63, 3.8) is 0 Å². The number of amides is 1. The smallest absolute Gasteiger partial charge is 0.345 e. The lowest BCUT2D eigenvalue weighted by Crippen LogP contribution is -2.20. The highest BCUT2D eigenvalue weighted by Gasteiger charge is 2.29. The summed E-state index contributed by atoms with van der Waals surface area (Å²) in [5.41, 5.74) is 1.48. The second kappa shape index (κ2) is 6.80. The molecule has 7 heteroatoms. The third kappa shape index (κ3) is 4.26. The molecule has 0 aliphatic carbocycles. The quantitative estimate of drug-likeness (QED) is 0.705. The Bertz CT molecular complexity index is 878. The highest BCUT2D eigenvalue weighted by molar-refractivity contribution is 5.91. The molecular weight excluding hydrogens is 331 g/mol. The van der Waals surface area contributed by atoms with Gasteiger partial charge in [0.15, 0.2) is 0 Å². The van der Waals surface area contributed by atoms with Gasteiger partial charge in [0.2, 0.25) is 5.91 Å². The van der Waals surface area contributed by atoms with Crippen LogP contribution in [0.15, 0.2) is 54.6 Å². The normalized spacial score (nSPS) is 12.0. The first kappa shape index (κ1) is 16.8. The number of para-hydroxylation sites is 2. The summed E-state index contributed by atoms with van der Waals surface area (Å²) in [6.45, 7) is 0.227. The number of rotatable bonds is 4. The predicted octanol–water partition coefficient (Wildman–Crippen LogP) is 3.91. The van der Waals surface area contributed by atoms with Crippen LogP contribution in [0.5, 0.6) is 0 Å². The lowest BCUT2D eigenvalue weighted by molar-refractivity contribution is -0.137. The summed E-state index contributed by atoms with van der Waals surface area (Å²) in [6, 6.07) is 12.1. The van der Waals surface area contributed by atoms with Crippen LogP contribution in [-0.4, -0.2) is 15.9 Å². The molecule has 0 unspecified atom stereocenters. The van der Waals surface area contributed by atoms with E-state index >= 15 is 0 Å². The summed E-state index contributed by atoms with van der Waals surface area (Å²) in [7, 11) is 0. The highest BCUT2D eigenvalue weighted by Crippen LogP contribution is 2.29. The van der Waals surface area contributed by atoms with Crippen molar-refractivity contribution >= 4 is 23.0 Å². The van der Waals surface area contributed by atoms with Crippen LogP contribution in [0.4, 0.5) is 13.2 Å². The number of alkyl halides is 3. The van der Waals surface area contributed by atoms with Crippen molar-refractivity contribution in [3.8, 4) is 0 Å². The maximum atomic E-state index is 12.5. The summed E-state index contributed by atoms with van der Waals surface area (Å²) in [6.07, 6.45) is -1.65. The number of hydrogen-bond acceptors (Lipinski definition) is 2. The third-order valence-electron chi connectivity index (χ3n) is 3.53. The molecule has 1 heterocycles. The summed E-state index contributed by atoms with van der Waals surface area (Å²) in [4.78, 5) is 19.2. The van der Waals surface area contributed by atoms with Gasteiger partial charge in [0.05, 0.1) is 23.1 Å². The number of fused-ring (bicyclic) bond motifs is 1. The number of H-pyrrole nitrogens is 1.